The molecule has 0 aromatic heterocycles. The highest BCUT2D eigenvalue weighted by Crippen LogP contribution is 2.21. The maximum absolute atomic E-state index is 12.0. The van der Waals surface area contributed by atoms with E-state index in [0.717, 1.165) is 10.9 Å². The van der Waals surface area contributed by atoms with E-state index in [0.29, 0.717) is 15.4 Å². The first-order valence-electron chi connectivity index (χ1n) is 5.30. The second-order valence-electron chi connectivity index (χ2n) is 4.02. The third kappa shape index (κ3) is 4.98. The lowest BCUT2D eigenvalue weighted by molar-refractivity contribution is 0.0939. The van der Waals surface area contributed by atoms with Crippen LogP contribution in [0.1, 0.15) is 30.6 Å². The Morgan fingerprint density at radius 1 is 1.47 bits per heavy atom. The third-order valence-electron chi connectivity index (χ3n) is 2.23. The molecule has 0 aliphatic rings. The first-order valence-corrected chi connectivity index (χ1v) is 7.38. The standard InChI is InChI=1S/C12H14Br2ClNO/c1-7(13)5-8(2)16-12(17)10-6-9(14)3-4-11(10)15/h3-4,6-8H,5H2,1-2H3,(H,16,17). The van der Waals surface area contributed by atoms with Crippen LogP contribution in [0.3, 0.4) is 0 Å². The highest BCUT2D eigenvalue weighted by Gasteiger charge is 2.14. The molecule has 0 heterocycles. The molecule has 0 aliphatic heterocycles. The van der Waals surface area contributed by atoms with Gasteiger partial charge in [0.2, 0.25) is 0 Å². The molecule has 0 saturated carbocycles. The average molecular weight is 384 g/mol. The summed E-state index contributed by atoms with van der Waals surface area (Å²) in [6.45, 7) is 4.02. The number of nitrogens with one attached hydrogen (secondary N) is 1. The van der Waals surface area contributed by atoms with Gasteiger partial charge in [-0.3, -0.25) is 4.79 Å². The summed E-state index contributed by atoms with van der Waals surface area (Å²) in [4.78, 5) is 12.3. The van der Waals surface area contributed by atoms with Crippen LogP contribution >= 0.6 is 43.5 Å². The number of hydrogen-bond acceptors (Lipinski definition) is 1. The van der Waals surface area contributed by atoms with E-state index in [1.807, 2.05) is 13.0 Å². The molecule has 1 amide bonds. The van der Waals surface area contributed by atoms with E-state index < -0.39 is 0 Å². The smallest absolute Gasteiger partial charge is 0.253 e. The van der Waals surface area contributed by atoms with Gasteiger partial charge in [-0.05, 0) is 31.5 Å². The molecule has 1 rings (SSSR count). The fourth-order valence-corrected chi connectivity index (χ4v) is 2.64. The quantitative estimate of drug-likeness (QED) is 0.768. The van der Waals surface area contributed by atoms with Crippen LogP contribution in [0.25, 0.3) is 0 Å². The van der Waals surface area contributed by atoms with Crippen molar-refractivity contribution < 1.29 is 4.79 Å². The van der Waals surface area contributed by atoms with E-state index in [9.17, 15) is 4.79 Å². The van der Waals surface area contributed by atoms with Gasteiger partial charge in [-0.15, -0.1) is 0 Å². The fourth-order valence-electron chi connectivity index (χ4n) is 1.52. The molecule has 2 unspecified atom stereocenters. The molecular weight excluding hydrogens is 369 g/mol. The molecule has 0 radical (unpaired) electrons. The maximum atomic E-state index is 12.0. The first-order chi connectivity index (χ1) is 7.90. The summed E-state index contributed by atoms with van der Waals surface area (Å²) >= 11 is 12.8. The van der Waals surface area contributed by atoms with Crippen molar-refractivity contribution in [3.05, 3.63) is 33.3 Å². The SMILES string of the molecule is CC(Br)CC(C)NC(=O)c1cc(Br)ccc1Cl. The van der Waals surface area contributed by atoms with Gasteiger partial charge < -0.3 is 5.32 Å². The summed E-state index contributed by atoms with van der Waals surface area (Å²) in [5.74, 6) is -0.142. The normalized spacial score (nSPS) is 14.2. The van der Waals surface area contributed by atoms with E-state index in [1.54, 1.807) is 12.1 Å². The summed E-state index contributed by atoms with van der Waals surface area (Å²) in [7, 11) is 0. The van der Waals surface area contributed by atoms with Crippen molar-refractivity contribution in [2.24, 2.45) is 0 Å². The number of amides is 1. The van der Waals surface area contributed by atoms with E-state index in [-0.39, 0.29) is 11.9 Å². The van der Waals surface area contributed by atoms with Crippen LogP contribution in [-0.2, 0) is 0 Å². The lowest BCUT2D eigenvalue weighted by Gasteiger charge is -2.15. The number of alkyl halides is 1. The van der Waals surface area contributed by atoms with Gasteiger partial charge in [0.1, 0.15) is 0 Å². The van der Waals surface area contributed by atoms with Gasteiger partial charge >= 0.3 is 0 Å². The number of benzene rings is 1. The summed E-state index contributed by atoms with van der Waals surface area (Å²) in [5, 5.41) is 3.38. The highest BCUT2D eigenvalue weighted by molar-refractivity contribution is 9.10. The summed E-state index contributed by atoms with van der Waals surface area (Å²) < 4.78 is 0.841. The molecule has 0 saturated heterocycles. The molecule has 2 atom stereocenters. The van der Waals surface area contributed by atoms with Crippen LogP contribution in [0.5, 0.6) is 0 Å². The zero-order valence-corrected chi connectivity index (χ0v) is 13.6. The second-order valence-corrected chi connectivity index (χ2v) is 6.90. The van der Waals surface area contributed by atoms with Crippen molar-refractivity contribution in [2.75, 3.05) is 0 Å². The average Bonchev–Trinajstić information content (AvgIpc) is 2.20. The number of carbonyl (C=O) groups is 1. The minimum absolute atomic E-state index is 0.104. The molecule has 0 aliphatic carbocycles. The van der Waals surface area contributed by atoms with Crippen LogP contribution < -0.4 is 5.32 Å². The van der Waals surface area contributed by atoms with Crippen molar-refractivity contribution in [1.82, 2.24) is 5.32 Å². The second kappa shape index (κ2) is 6.76. The van der Waals surface area contributed by atoms with Gasteiger partial charge in [-0.1, -0.05) is 50.4 Å². The predicted molar refractivity (Wildman–Crippen MR) is 79.1 cm³/mol. The number of hydrogen-bond donors (Lipinski definition) is 1. The molecular formula is C12H14Br2ClNO. The molecule has 1 aromatic carbocycles. The van der Waals surface area contributed by atoms with E-state index >= 15 is 0 Å². The molecule has 94 valence electrons. The van der Waals surface area contributed by atoms with Crippen molar-refractivity contribution in [1.29, 1.82) is 0 Å². The first kappa shape index (κ1) is 15.0. The minimum atomic E-state index is -0.142. The topological polar surface area (TPSA) is 29.1 Å². The Labute approximate surface area is 123 Å². The predicted octanol–water partition coefficient (Wildman–Crippen LogP) is 4.39. The zero-order chi connectivity index (χ0) is 13.0. The van der Waals surface area contributed by atoms with Crippen molar-refractivity contribution in [3.63, 3.8) is 0 Å². The molecule has 5 heteroatoms. The van der Waals surface area contributed by atoms with Crippen LogP contribution in [0.15, 0.2) is 22.7 Å². The summed E-state index contributed by atoms with van der Waals surface area (Å²) in [5.41, 5.74) is 0.495. The summed E-state index contributed by atoms with van der Waals surface area (Å²) in [6, 6.07) is 5.34. The number of carbonyl (C=O) groups excluding carboxylic acids is 1. The largest absolute Gasteiger partial charge is 0.350 e. The molecule has 1 aromatic rings. The zero-order valence-electron chi connectivity index (χ0n) is 9.64. The maximum Gasteiger partial charge on any atom is 0.253 e. The van der Waals surface area contributed by atoms with Crippen molar-refractivity contribution >= 4 is 49.4 Å². The van der Waals surface area contributed by atoms with Crippen LogP contribution in [0, 0.1) is 0 Å². The lowest BCUT2D eigenvalue weighted by atomic mass is 10.1. The lowest BCUT2D eigenvalue weighted by Crippen LogP contribution is -2.34. The Morgan fingerprint density at radius 3 is 2.71 bits per heavy atom. The molecule has 0 spiro atoms. The van der Waals surface area contributed by atoms with E-state index in [1.165, 1.54) is 0 Å². The van der Waals surface area contributed by atoms with Crippen LogP contribution in [0.2, 0.25) is 5.02 Å². The third-order valence-corrected chi connectivity index (χ3v) is 3.43. The van der Waals surface area contributed by atoms with Crippen molar-refractivity contribution in [3.8, 4) is 0 Å². The van der Waals surface area contributed by atoms with Gasteiger partial charge in [0, 0.05) is 15.3 Å². The van der Waals surface area contributed by atoms with Gasteiger partial charge in [0.25, 0.3) is 5.91 Å². The number of rotatable bonds is 4. The molecule has 0 fully saturated rings. The molecule has 2 nitrogen and oxygen atoms in total. The summed E-state index contributed by atoms with van der Waals surface area (Å²) in [6.07, 6.45) is 0.872. The van der Waals surface area contributed by atoms with Crippen molar-refractivity contribution in [2.45, 2.75) is 31.1 Å². The Hall–Kier alpha value is -0.0600. The van der Waals surface area contributed by atoms with Crippen LogP contribution in [0.4, 0.5) is 0 Å². The fraction of sp³-hybridized carbons (Fsp3) is 0.417. The van der Waals surface area contributed by atoms with Gasteiger partial charge in [0.15, 0.2) is 0 Å². The Morgan fingerprint density at radius 2 is 2.12 bits per heavy atom. The van der Waals surface area contributed by atoms with Gasteiger partial charge in [0.05, 0.1) is 10.6 Å². The Bertz CT molecular complexity index is 409. The number of halogens is 3. The Balaban J connectivity index is 2.73. The van der Waals surface area contributed by atoms with Crippen LogP contribution in [-0.4, -0.2) is 16.8 Å². The van der Waals surface area contributed by atoms with Gasteiger partial charge in [-0.2, -0.15) is 0 Å². The minimum Gasteiger partial charge on any atom is -0.350 e. The highest BCUT2D eigenvalue weighted by atomic mass is 79.9. The van der Waals surface area contributed by atoms with Gasteiger partial charge in [-0.25, -0.2) is 0 Å². The monoisotopic (exact) mass is 381 g/mol. The van der Waals surface area contributed by atoms with E-state index in [4.69, 9.17) is 11.6 Å². The molecule has 1 N–H and O–H groups in total. The molecule has 0 bridgehead atoms. The Kier molecular flexibility index (Phi) is 5.97. The van der Waals surface area contributed by atoms with E-state index in [2.05, 4.69) is 44.1 Å². The molecule has 17 heavy (non-hydrogen) atoms.